The molecule has 0 N–H and O–H groups in total. The molecule has 0 fully saturated rings. The summed E-state index contributed by atoms with van der Waals surface area (Å²) in [7, 11) is 0. The van der Waals surface area contributed by atoms with Gasteiger partial charge < -0.3 is 4.42 Å². The third-order valence-corrected chi connectivity index (χ3v) is 4.23. The van der Waals surface area contributed by atoms with Gasteiger partial charge in [-0.25, -0.2) is 15.0 Å². The third-order valence-electron chi connectivity index (χ3n) is 4.03. The summed E-state index contributed by atoms with van der Waals surface area (Å²) in [5.74, 6) is 0.777. The molecule has 3 aromatic heterocycles. The molecule has 1 aliphatic heterocycles. The van der Waals surface area contributed by atoms with Crippen molar-refractivity contribution in [1.29, 1.82) is 0 Å². The van der Waals surface area contributed by atoms with Crippen LogP contribution in [0.2, 0.25) is 5.02 Å². The van der Waals surface area contributed by atoms with Gasteiger partial charge in [-0.2, -0.15) is 4.39 Å². The van der Waals surface area contributed by atoms with Crippen LogP contribution in [0.5, 0.6) is 0 Å². The van der Waals surface area contributed by atoms with Gasteiger partial charge in [0.05, 0.1) is 17.0 Å². The van der Waals surface area contributed by atoms with Gasteiger partial charge in [-0.05, 0) is 18.2 Å². The summed E-state index contributed by atoms with van der Waals surface area (Å²) < 4.78 is 19.1. The largest absolute Gasteiger partial charge is 0.461 e. The Morgan fingerprint density at radius 1 is 1.29 bits per heavy atom. The molecule has 0 saturated heterocycles. The fourth-order valence-electron chi connectivity index (χ4n) is 2.85. The Balaban J connectivity index is 1.53. The molecule has 0 amide bonds. The molecule has 0 aliphatic carbocycles. The van der Waals surface area contributed by atoms with E-state index in [1.807, 2.05) is 18.3 Å². The topological polar surface area (TPSA) is 55.1 Å². The molecule has 5 nitrogen and oxygen atoms in total. The molecular formula is C17H14ClFN4O. The van der Waals surface area contributed by atoms with Crippen LogP contribution in [-0.4, -0.2) is 26.4 Å². The maximum atomic E-state index is 13.8. The van der Waals surface area contributed by atoms with Gasteiger partial charge in [-0.3, -0.25) is 4.90 Å². The molecule has 0 spiro atoms. The summed E-state index contributed by atoms with van der Waals surface area (Å²) >= 11 is 5.91. The minimum Gasteiger partial charge on any atom is -0.461 e. The number of hydrogen-bond acceptors (Lipinski definition) is 5. The molecule has 122 valence electrons. The van der Waals surface area contributed by atoms with Gasteiger partial charge in [0.1, 0.15) is 0 Å². The minimum absolute atomic E-state index is 0.440. The summed E-state index contributed by atoms with van der Waals surface area (Å²) in [5, 5.41) is 0.440. The Kier molecular flexibility index (Phi) is 4.00. The van der Waals surface area contributed by atoms with Crippen molar-refractivity contribution in [3.05, 3.63) is 64.6 Å². The molecule has 0 unspecified atom stereocenters. The van der Waals surface area contributed by atoms with Gasteiger partial charge in [0.25, 0.3) is 0 Å². The molecule has 3 aromatic rings. The van der Waals surface area contributed by atoms with Crippen LogP contribution in [0.4, 0.5) is 4.39 Å². The Labute approximate surface area is 143 Å². The monoisotopic (exact) mass is 344 g/mol. The lowest BCUT2D eigenvalue weighted by atomic mass is 10.1. The third kappa shape index (κ3) is 3.02. The van der Waals surface area contributed by atoms with Crippen molar-refractivity contribution in [2.24, 2.45) is 0 Å². The van der Waals surface area contributed by atoms with Crippen molar-refractivity contribution < 1.29 is 8.81 Å². The quantitative estimate of drug-likeness (QED) is 0.681. The average molecular weight is 345 g/mol. The van der Waals surface area contributed by atoms with E-state index in [-0.39, 0.29) is 0 Å². The normalized spacial score (nSPS) is 14.6. The van der Waals surface area contributed by atoms with E-state index in [2.05, 4.69) is 19.9 Å². The first kappa shape index (κ1) is 15.2. The molecule has 0 aromatic carbocycles. The van der Waals surface area contributed by atoms with Crippen LogP contribution in [0, 0.1) is 5.95 Å². The van der Waals surface area contributed by atoms with Crippen LogP contribution in [0.3, 0.4) is 0 Å². The summed E-state index contributed by atoms with van der Waals surface area (Å²) in [6.45, 7) is 1.91. The van der Waals surface area contributed by atoms with Crippen LogP contribution in [0.25, 0.3) is 11.6 Å². The van der Waals surface area contributed by atoms with E-state index in [0.717, 1.165) is 24.2 Å². The van der Waals surface area contributed by atoms with E-state index in [1.165, 1.54) is 6.20 Å². The van der Waals surface area contributed by atoms with E-state index >= 15 is 0 Å². The maximum absolute atomic E-state index is 13.8. The summed E-state index contributed by atoms with van der Waals surface area (Å²) in [5.41, 5.74) is 2.56. The van der Waals surface area contributed by atoms with E-state index in [4.69, 9.17) is 16.0 Å². The van der Waals surface area contributed by atoms with E-state index in [0.29, 0.717) is 35.3 Å². The predicted molar refractivity (Wildman–Crippen MR) is 86.8 cm³/mol. The van der Waals surface area contributed by atoms with Crippen molar-refractivity contribution in [2.75, 3.05) is 6.54 Å². The highest BCUT2D eigenvalue weighted by molar-refractivity contribution is 6.30. The molecular weight excluding hydrogens is 331 g/mol. The van der Waals surface area contributed by atoms with Gasteiger partial charge in [0.15, 0.2) is 11.6 Å². The SMILES string of the molecule is Fc1ncc(Cl)cc1CN1CCc2nc(-c3ccco3)ncc2C1. The smallest absolute Gasteiger partial charge is 0.217 e. The van der Waals surface area contributed by atoms with E-state index < -0.39 is 5.95 Å². The number of furan rings is 1. The minimum atomic E-state index is -0.477. The molecule has 4 rings (SSSR count). The first-order valence-corrected chi connectivity index (χ1v) is 7.98. The Hall–Kier alpha value is -2.31. The lowest BCUT2D eigenvalue weighted by Gasteiger charge is -2.28. The van der Waals surface area contributed by atoms with E-state index in [9.17, 15) is 4.39 Å². The zero-order valence-corrected chi connectivity index (χ0v) is 13.5. The van der Waals surface area contributed by atoms with Crippen LogP contribution >= 0.6 is 11.6 Å². The zero-order chi connectivity index (χ0) is 16.5. The molecule has 7 heteroatoms. The van der Waals surface area contributed by atoms with Gasteiger partial charge >= 0.3 is 0 Å². The summed E-state index contributed by atoms with van der Waals surface area (Å²) in [4.78, 5) is 14.8. The average Bonchev–Trinajstić information content (AvgIpc) is 3.12. The Morgan fingerprint density at radius 2 is 2.21 bits per heavy atom. The second kappa shape index (κ2) is 6.30. The van der Waals surface area contributed by atoms with Crippen LogP contribution in [-0.2, 0) is 19.5 Å². The van der Waals surface area contributed by atoms with Crippen LogP contribution < -0.4 is 0 Å². The van der Waals surface area contributed by atoms with Crippen molar-refractivity contribution in [3.63, 3.8) is 0 Å². The Morgan fingerprint density at radius 3 is 3.04 bits per heavy atom. The van der Waals surface area contributed by atoms with Gasteiger partial charge in [0, 0.05) is 49.6 Å². The standard InChI is InChI=1S/C17H14ClFN4O/c18-13-6-11(16(19)20-8-13)9-23-4-3-14-12(10-23)7-21-17(22-14)15-2-1-5-24-15/h1-2,5-8H,3-4,9-10H2. The number of hydrogen-bond donors (Lipinski definition) is 0. The van der Waals surface area contributed by atoms with Crippen molar-refractivity contribution in [3.8, 4) is 11.6 Å². The summed E-state index contributed by atoms with van der Waals surface area (Å²) in [6, 6.07) is 5.27. The van der Waals surface area contributed by atoms with Crippen LogP contribution in [0.15, 0.2) is 41.3 Å². The highest BCUT2D eigenvalue weighted by Gasteiger charge is 2.20. The van der Waals surface area contributed by atoms with Gasteiger partial charge in [-0.15, -0.1) is 0 Å². The predicted octanol–water partition coefficient (Wildman–Crippen LogP) is 3.48. The molecule has 0 saturated carbocycles. The molecule has 1 aliphatic rings. The first-order chi connectivity index (χ1) is 11.7. The lowest BCUT2D eigenvalue weighted by Crippen LogP contribution is -2.31. The van der Waals surface area contributed by atoms with E-state index in [1.54, 1.807) is 12.3 Å². The van der Waals surface area contributed by atoms with Crippen molar-refractivity contribution >= 4 is 11.6 Å². The number of pyridine rings is 1. The number of fused-ring (bicyclic) bond motifs is 1. The molecule has 4 heterocycles. The summed E-state index contributed by atoms with van der Waals surface area (Å²) in [6.07, 6.45) is 5.52. The van der Waals surface area contributed by atoms with Crippen molar-refractivity contribution in [2.45, 2.75) is 19.5 Å². The highest BCUT2D eigenvalue weighted by Crippen LogP contribution is 2.23. The fourth-order valence-corrected chi connectivity index (χ4v) is 3.03. The number of aromatic nitrogens is 3. The zero-order valence-electron chi connectivity index (χ0n) is 12.7. The molecule has 0 radical (unpaired) electrons. The number of rotatable bonds is 3. The van der Waals surface area contributed by atoms with Gasteiger partial charge in [-0.1, -0.05) is 11.6 Å². The maximum Gasteiger partial charge on any atom is 0.217 e. The van der Waals surface area contributed by atoms with Gasteiger partial charge in [0.2, 0.25) is 5.95 Å². The highest BCUT2D eigenvalue weighted by atomic mass is 35.5. The molecule has 24 heavy (non-hydrogen) atoms. The molecule has 0 atom stereocenters. The Bertz CT molecular complexity index is 869. The molecule has 0 bridgehead atoms. The fraction of sp³-hybridized carbons (Fsp3) is 0.235. The lowest BCUT2D eigenvalue weighted by molar-refractivity contribution is 0.238. The van der Waals surface area contributed by atoms with Crippen LogP contribution in [0.1, 0.15) is 16.8 Å². The first-order valence-electron chi connectivity index (χ1n) is 7.60. The second-order valence-electron chi connectivity index (χ2n) is 5.71. The number of nitrogens with zero attached hydrogens (tertiary/aromatic N) is 4. The number of halogens is 2. The second-order valence-corrected chi connectivity index (χ2v) is 6.14. The van der Waals surface area contributed by atoms with Crippen molar-refractivity contribution in [1.82, 2.24) is 19.9 Å².